The monoisotopic (exact) mass is 440 g/mol. The number of hydrogen-bond acceptors (Lipinski definition) is 4. The van der Waals surface area contributed by atoms with E-state index < -0.39 is 17.7 Å². The highest BCUT2D eigenvalue weighted by atomic mass is 16.3. The van der Waals surface area contributed by atoms with Crippen LogP contribution in [-0.4, -0.2) is 29.9 Å². The Morgan fingerprint density at radius 1 is 0.879 bits per heavy atom. The van der Waals surface area contributed by atoms with Gasteiger partial charge >= 0.3 is 0 Å². The molecule has 1 saturated heterocycles. The maximum Gasteiger partial charge on any atom is 0.300 e. The molecule has 33 heavy (non-hydrogen) atoms. The van der Waals surface area contributed by atoms with Gasteiger partial charge in [0.05, 0.1) is 11.6 Å². The van der Waals surface area contributed by atoms with E-state index in [1.807, 2.05) is 61.5 Å². The minimum Gasteiger partial charge on any atom is -0.507 e. The Balaban J connectivity index is 1.88. The predicted molar refractivity (Wildman–Crippen MR) is 132 cm³/mol. The molecule has 1 aliphatic heterocycles. The van der Waals surface area contributed by atoms with Gasteiger partial charge < -0.3 is 10.0 Å². The average Bonchev–Trinajstić information content (AvgIpc) is 3.11. The summed E-state index contributed by atoms with van der Waals surface area (Å²) in [6.07, 6.45) is 0. The fourth-order valence-corrected chi connectivity index (χ4v) is 4.33. The van der Waals surface area contributed by atoms with Gasteiger partial charge in [0, 0.05) is 30.0 Å². The minimum atomic E-state index is -0.723. The summed E-state index contributed by atoms with van der Waals surface area (Å²) in [5.41, 5.74) is 4.11. The van der Waals surface area contributed by atoms with Crippen molar-refractivity contribution < 1.29 is 14.7 Å². The SMILES string of the molecule is CCN(CC)c1ccc(C2/C(=C(/O)c3ccccc3)C(=O)C(=O)N2c2ccc(C)cc2)cc1. The molecule has 0 aromatic heterocycles. The van der Waals surface area contributed by atoms with Crippen molar-refractivity contribution in [1.29, 1.82) is 0 Å². The number of rotatable bonds is 6. The predicted octanol–water partition coefficient (Wildman–Crippen LogP) is 5.47. The van der Waals surface area contributed by atoms with E-state index in [0.29, 0.717) is 11.3 Å². The highest BCUT2D eigenvalue weighted by molar-refractivity contribution is 6.51. The molecule has 4 rings (SSSR count). The van der Waals surface area contributed by atoms with E-state index in [0.717, 1.165) is 29.9 Å². The van der Waals surface area contributed by atoms with Crippen LogP contribution in [0.3, 0.4) is 0 Å². The maximum atomic E-state index is 13.2. The molecule has 1 N–H and O–H groups in total. The Morgan fingerprint density at radius 3 is 2.06 bits per heavy atom. The summed E-state index contributed by atoms with van der Waals surface area (Å²) in [5, 5.41) is 11.1. The van der Waals surface area contributed by atoms with E-state index >= 15 is 0 Å². The molecule has 0 radical (unpaired) electrons. The molecule has 0 saturated carbocycles. The second kappa shape index (κ2) is 9.33. The van der Waals surface area contributed by atoms with Crippen LogP contribution >= 0.6 is 0 Å². The second-order valence-corrected chi connectivity index (χ2v) is 8.13. The van der Waals surface area contributed by atoms with Crippen molar-refractivity contribution in [2.75, 3.05) is 22.9 Å². The van der Waals surface area contributed by atoms with Crippen LogP contribution in [0.4, 0.5) is 11.4 Å². The number of carbonyl (C=O) groups excluding carboxylic acids is 2. The Morgan fingerprint density at radius 2 is 1.48 bits per heavy atom. The maximum absolute atomic E-state index is 13.2. The van der Waals surface area contributed by atoms with Crippen molar-refractivity contribution in [2.24, 2.45) is 0 Å². The molecule has 0 aliphatic carbocycles. The van der Waals surface area contributed by atoms with Crippen LogP contribution in [0.2, 0.25) is 0 Å². The molecule has 0 spiro atoms. The lowest BCUT2D eigenvalue weighted by molar-refractivity contribution is -0.132. The summed E-state index contributed by atoms with van der Waals surface area (Å²) >= 11 is 0. The van der Waals surface area contributed by atoms with Crippen LogP contribution in [0.25, 0.3) is 5.76 Å². The average molecular weight is 441 g/mol. The van der Waals surface area contributed by atoms with Crippen LogP contribution in [0, 0.1) is 6.92 Å². The van der Waals surface area contributed by atoms with Gasteiger partial charge in [0.25, 0.3) is 11.7 Å². The summed E-state index contributed by atoms with van der Waals surface area (Å²) in [4.78, 5) is 30.1. The zero-order chi connectivity index (χ0) is 23.5. The summed E-state index contributed by atoms with van der Waals surface area (Å²) < 4.78 is 0. The van der Waals surface area contributed by atoms with Crippen molar-refractivity contribution in [3.05, 3.63) is 101 Å². The molecule has 0 bridgehead atoms. The van der Waals surface area contributed by atoms with E-state index in [1.165, 1.54) is 4.90 Å². The van der Waals surface area contributed by atoms with Gasteiger partial charge in [-0.15, -0.1) is 0 Å². The summed E-state index contributed by atoms with van der Waals surface area (Å²) in [5.74, 6) is -1.50. The largest absolute Gasteiger partial charge is 0.507 e. The van der Waals surface area contributed by atoms with Crippen molar-refractivity contribution >= 4 is 28.8 Å². The number of ketones is 1. The Hall–Kier alpha value is -3.86. The highest BCUT2D eigenvalue weighted by Gasteiger charge is 2.46. The zero-order valence-corrected chi connectivity index (χ0v) is 19.2. The van der Waals surface area contributed by atoms with Crippen LogP contribution in [-0.2, 0) is 9.59 Å². The topological polar surface area (TPSA) is 60.9 Å². The van der Waals surface area contributed by atoms with Crippen molar-refractivity contribution in [3.63, 3.8) is 0 Å². The van der Waals surface area contributed by atoms with Gasteiger partial charge in [0.1, 0.15) is 5.76 Å². The molecule has 1 fully saturated rings. The van der Waals surface area contributed by atoms with Crippen LogP contribution in [0.5, 0.6) is 0 Å². The van der Waals surface area contributed by atoms with E-state index in [4.69, 9.17) is 0 Å². The van der Waals surface area contributed by atoms with E-state index in [2.05, 4.69) is 18.7 Å². The molecule has 1 heterocycles. The van der Waals surface area contributed by atoms with E-state index in [-0.39, 0.29) is 11.3 Å². The summed E-state index contributed by atoms with van der Waals surface area (Å²) in [7, 11) is 0. The standard InChI is InChI=1S/C28H28N2O3/c1-4-29(5-2)22-17-13-20(14-18-22)25-24(26(31)21-9-7-6-8-10-21)27(32)28(33)30(25)23-15-11-19(3)12-16-23/h6-18,25,31H,4-5H2,1-3H3/b26-24-. The molecule has 1 atom stereocenters. The number of hydrogen-bond donors (Lipinski definition) is 1. The lowest BCUT2D eigenvalue weighted by Gasteiger charge is -2.27. The third-order valence-electron chi connectivity index (χ3n) is 6.14. The van der Waals surface area contributed by atoms with Crippen molar-refractivity contribution in [1.82, 2.24) is 0 Å². The third kappa shape index (κ3) is 4.14. The molecule has 3 aromatic carbocycles. The molecular formula is C28H28N2O3. The number of amides is 1. The molecule has 5 nitrogen and oxygen atoms in total. The number of aryl methyl sites for hydroxylation is 1. The van der Waals surface area contributed by atoms with Crippen LogP contribution < -0.4 is 9.80 Å². The van der Waals surface area contributed by atoms with Gasteiger partial charge in [-0.25, -0.2) is 0 Å². The molecular weight excluding hydrogens is 412 g/mol. The first-order valence-electron chi connectivity index (χ1n) is 11.2. The van der Waals surface area contributed by atoms with Gasteiger partial charge in [-0.1, -0.05) is 60.2 Å². The summed E-state index contributed by atoms with van der Waals surface area (Å²) in [6.45, 7) is 7.93. The molecule has 1 unspecified atom stereocenters. The highest BCUT2D eigenvalue weighted by Crippen LogP contribution is 2.42. The first-order chi connectivity index (χ1) is 16.0. The molecule has 1 amide bonds. The number of anilines is 2. The quantitative estimate of drug-likeness (QED) is 0.314. The number of nitrogens with zero attached hydrogens (tertiary/aromatic N) is 2. The number of aliphatic hydroxyl groups excluding tert-OH is 1. The molecule has 3 aromatic rings. The first kappa shape index (κ1) is 22.3. The molecule has 1 aliphatic rings. The van der Waals surface area contributed by atoms with Gasteiger partial charge in [-0.05, 0) is 50.6 Å². The first-order valence-corrected chi connectivity index (χ1v) is 11.2. The Bertz CT molecular complexity index is 1180. The third-order valence-corrected chi connectivity index (χ3v) is 6.14. The fourth-order valence-electron chi connectivity index (χ4n) is 4.33. The second-order valence-electron chi connectivity index (χ2n) is 8.13. The number of benzene rings is 3. The number of carbonyl (C=O) groups is 2. The van der Waals surface area contributed by atoms with Gasteiger partial charge in [-0.2, -0.15) is 0 Å². The van der Waals surface area contributed by atoms with Crippen LogP contribution in [0.1, 0.15) is 36.6 Å². The van der Waals surface area contributed by atoms with Gasteiger partial charge in [0.15, 0.2) is 0 Å². The minimum absolute atomic E-state index is 0.0994. The molecule has 5 heteroatoms. The van der Waals surface area contributed by atoms with Gasteiger partial charge in [0.2, 0.25) is 0 Å². The number of Topliss-reactive ketones (excluding diaryl/α,β-unsaturated/α-hetero) is 1. The van der Waals surface area contributed by atoms with E-state index in [9.17, 15) is 14.7 Å². The normalized spacial score (nSPS) is 17.4. The lowest BCUT2D eigenvalue weighted by atomic mass is 9.95. The lowest BCUT2D eigenvalue weighted by Crippen LogP contribution is -2.29. The smallest absolute Gasteiger partial charge is 0.300 e. The molecule has 168 valence electrons. The number of aliphatic hydroxyl groups is 1. The van der Waals surface area contributed by atoms with Crippen molar-refractivity contribution in [2.45, 2.75) is 26.8 Å². The Kier molecular flexibility index (Phi) is 6.31. The van der Waals surface area contributed by atoms with E-state index in [1.54, 1.807) is 24.3 Å². The Labute approximate surface area is 194 Å². The summed E-state index contributed by atoms with van der Waals surface area (Å²) in [6, 6.07) is 23.5. The van der Waals surface area contributed by atoms with Crippen molar-refractivity contribution in [3.8, 4) is 0 Å². The van der Waals surface area contributed by atoms with Crippen LogP contribution in [0.15, 0.2) is 84.4 Å². The zero-order valence-electron chi connectivity index (χ0n) is 19.2. The van der Waals surface area contributed by atoms with Gasteiger partial charge in [-0.3, -0.25) is 14.5 Å². The fraction of sp³-hybridized carbons (Fsp3) is 0.214.